The predicted molar refractivity (Wildman–Crippen MR) is 65.1 cm³/mol. The molecule has 15 heavy (non-hydrogen) atoms. The van der Waals surface area contributed by atoms with Crippen LogP contribution in [0.4, 0.5) is 0 Å². The van der Waals surface area contributed by atoms with Gasteiger partial charge >= 0.3 is 0 Å². The lowest BCUT2D eigenvalue weighted by Crippen LogP contribution is -2.34. The van der Waals surface area contributed by atoms with Gasteiger partial charge in [0.1, 0.15) is 0 Å². The van der Waals surface area contributed by atoms with E-state index in [9.17, 15) is 0 Å². The SMILES string of the molecule is COCCOC(CC(C)(C)C)C(C)(C)C. The van der Waals surface area contributed by atoms with E-state index in [1.165, 1.54) is 0 Å². The fraction of sp³-hybridized carbons (Fsp3) is 1.00. The van der Waals surface area contributed by atoms with Gasteiger partial charge in [0.15, 0.2) is 0 Å². The molecule has 92 valence electrons. The first-order valence-electron chi connectivity index (χ1n) is 5.77. The van der Waals surface area contributed by atoms with Crippen LogP contribution in [0.1, 0.15) is 48.0 Å². The van der Waals surface area contributed by atoms with Crippen molar-refractivity contribution in [1.82, 2.24) is 0 Å². The molecule has 0 aliphatic rings. The highest BCUT2D eigenvalue weighted by atomic mass is 16.5. The Balaban J connectivity index is 4.21. The molecule has 0 spiro atoms. The maximum absolute atomic E-state index is 5.90. The Bertz CT molecular complexity index is 162. The highest BCUT2D eigenvalue weighted by Crippen LogP contribution is 2.32. The minimum Gasteiger partial charge on any atom is -0.382 e. The van der Waals surface area contributed by atoms with Gasteiger partial charge in [0.05, 0.1) is 19.3 Å². The first-order valence-corrected chi connectivity index (χ1v) is 5.77. The Kier molecular flexibility index (Phi) is 5.82. The molecule has 0 radical (unpaired) electrons. The molecule has 0 heterocycles. The molecule has 1 atom stereocenters. The third-order valence-corrected chi connectivity index (χ3v) is 2.37. The van der Waals surface area contributed by atoms with Crippen molar-refractivity contribution in [1.29, 1.82) is 0 Å². The van der Waals surface area contributed by atoms with Crippen LogP contribution in [0.2, 0.25) is 0 Å². The second-order valence-electron chi connectivity index (χ2n) is 6.48. The summed E-state index contributed by atoms with van der Waals surface area (Å²) in [5.74, 6) is 0. The van der Waals surface area contributed by atoms with E-state index < -0.39 is 0 Å². The maximum Gasteiger partial charge on any atom is 0.0704 e. The fourth-order valence-electron chi connectivity index (χ4n) is 1.45. The van der Waals surface area contributed by atoms with Crippen LogP contribution >= 0.6 is 0 Å². The zero-order valence-electron chi connectivity index (χ0n) is 11.5. The van der Waals surface area contributed by atoms with Crippen LogP contribution in [0.15, 0.2) is 0 Å². The number of hydrogen-bond donors (Lipinski definition) is 0. The first kappa shape index (κ1) is 14.9. The molecule has 2 heteroatoms. The molecule has 0 saturated heterocycles. The molecule has 0 aromatic heterocycles. The van der Waals surface area contributed by atoms with Crippen molar-refractivity contribution in [3.63, 3.8) is 0 Å². The molecule has 0 aliphatic heterocycles. The van der Waals surface area contributed by atoms with E-state index in [1.807, 2.05) is 0 Å². The van der Waals surface area contributed by atoms with Gasteiger partial charge in [-0.25, -0.2) is 0 Å². The third kappa shape index (κ3) is 7.80. The van der Waals surface area contributed by atoms with Gasteiger partial charge in [-0.2, -0.15) is 0 Å². The molecule has 0 fully saturated rings. The van der Waals surface area contributed by atoms with Crippen molar-refractivity contribution >= 4 is 0 Å². The van der Waals surface area contributed by atoms with Crippen molar-refractivity contribution in [2.45, 2.75) is 54.1 Å². The van der Waals surface area contributed by atoms with Crippen molar-refractivity contribution in [3.05, 3.63) is 0 Å². The van der Waals surface area contributed by atoms with Crippen LogP contribution in [0, 0.1) is 10.8 Å². The van der Waals surface area contributed by atoms with E-state index in [0.717, 1.165) is 6.42 Å². The smallest absolute Gasteiger partial charge is 0.0704 e. The Morgan fingerprint density at radius 2 is 1.47 bits per heavy atom. The molecule has 0 N–H and O–H groups in total. The number of methoxy groups -OCH3 is 1. The second kappa shape index (κ2) is 5.86. The van der Waals surface area contributed by atoms with Gasteiger partial charge in [0.2, 0.25) is 0 Å². The lowest BCUT2D eigenvalue weighted by molar-refractivity contribution is -0.0557. The molecule has 0 saturated carbocycles. The molecular formula is C13H28O2. The second-order valence-corrected chi connectivity index (χ2v) is 6.48. The molecular weight excluding hydrogens is 188 g/mol. The van der Waals surface area contributed by atoms with Crippen LogP contribution < -0.4 is 0 Å². The topological polar surface area (TPSA) is 18.5 Å². The van der Waals surface area contributed by atoms with Gasteiger partial charge in [-0.15, -0.1) is 0 Å². The Hall–Kier alpha value is -0.0800. The van der Waals surface area contributed by atoms with Gasteiger partial charge in [-0.1, -0.05) is 41.5 Å². The summed E-state index contributed by atoms with van der Waals surface area (Å²) < 4.78 is 10.9. The van der Waals surface area contributed by atoms with Crippen LogP contribution in [-0.4, -0.2) is 26.4 Å². The molecule has 0 aromatic carbocycles. The lowest BCUT2D eigenvalue weighted by Gasteiger charge is -2.35. The minimum absolute atomic E-state index is 0.195. The average Bonchev–Trinajstić information content (AvgIpc) is 1.99. The van der Waals surface area contributed by atoms with Gasteiger partial charge in [0, 0.05) is 7.11 Å². The van der Waals surface area contributed by atoms with Gasteiger partial charge in [-0.3, -0.25) is 0 Å². The quantitative estimate of drug-likeness (QED) is 0.655. The Morgan fingerprint density at radius 1 is 0.933 bits per heavy atom. The Labute approximate surface area is 95.3 Å². The molecule has 2 nitrogen and oxygen atoms in total. The number of rotatable bonds is 5. The average molecular weight is 216 g/mol. The summed E-state index contributed by atoms with van der Waals surface area (Å²) in [5, 5.41) is 0. The van der Waals surface area contributed by atoms with Gasteiger partial charge in [-0.05, 0) is 17.3 Å². The molecule has 0 aliphatic carbocycles. The Morgan fingerprint density at radius 3 is 1.80 bits per heavy atom. The highest BCUT2D eigenvalue weighted by molar-refractivity contribution is 4.79. The van der Waals surface area contributed by atoms with Crippen molar-refractivity contribution in [2.24, 2.45) is 10.8 Å². The zero-order chi connectivity index (χ0) is 12.1. The van der Waals surface area contributed by atoms with Crippen molar-refractivity contribution < 1.29 is 9.47 Å². The summed E-state index contributed by atoms with van der Waals surface area (Å²) in [6, 6.07) is 0. The van der Waals surface area contributed by atoms with Crippen LogP contribution in [0.25, 0.3) is 0 Å². The first-order chi connectivity index (χ1) is 6.67. The van der Waals surface area contributed by atoms with E-state index in [2.05, 4.69) is 41.5 Å². The lowest BCUT2D eigenvalue weighted by atomic mass is 9.78. The largest absolute Gasteiger partial charge is 0.382 e. The molecule has 0 rings (SSSR count). The third-order valence-electron chi connectivity index (χ3n) is 2.37. The standard InChI is InChI=1S/C13H28O2/c1-12(2,3)10-11(13(4,5)6)15-9-8-14-7/h11H,8-10H2,1-7H3. The van der Waals surface area contributed by atoms with E-state index >= 15 is 0 Å². The number of hydrogen-bond acceptors (Lipinski definition) is 2. The predicted octanol–water partition coefficient (Wildman–Crippen LogP) is 3.50. The molecule has 1 unspecified atom stereocenters. The molecule has 0 aromatic rings. The summed E-state index contributed by atoms with van der Waals surface area (Å²) in [5.41, 5.74) is 0.506. The van der Waals surface area contributed by atoms with Gasteiger partial charge < -0.3 is 9.47 Å². The van der Waals surface area contributed by atoms with Crippen LogP contribution in [0.3, 0.4) is 0 Å². The highest BCUT2D eigenvalue weighted by Gasteiger charge is 2.29. The number of ether oxygens (including phenoxy) is 2. The molecule has 0 amide bonds. The monoisotopic (exact) mass is 216 g/mol. The normalized spacial score (nSPS) is 15.4. The van der Waals surface area contributed by atoms with E-state index in [4.69, 9.17) is 9.47 Å². The fourth-order valence-corrected chi connectivity index (χ4v) is 1.45. The summed E-state index contributed by atoms with van der Waals surface area (Å²) in [4.78, 5) is 0. The minimum atomic E-state index is 0.195. The van der Waals surface area contributed by atoms with E-state index in [1.54, 1.807) is 7.11 Å². The summed E-state index contributed by atoms with van der Waals surface area (Å²) in [6.07, 6.45) is 1.38. The van der Waals surface area contributed by atoms with Crippen molar-refractivity contribution in [2.75, 3.05) is 20.3 Å². The molecule has 0 bridgehead atoms. The van der Waals surface area contributed by atoms with Gasteiger partial charge in [0.25, 0.3) is 0 Å². The van der Waals surface area contributed by atoms with Crippen molar-refractivity contribution in [3.8, 4) is 0 Å². The summed E-state index contributed by atoms with van der Waals surface area (Å²) in [7, 11) is 1.71. The maximum atomic E-state index is 5.90. The van der Waals surface area contributed by atoms with Crippen LogP contribution in [0.5, 0.6) is 0 Å². The van der Waals surface area contributed by atoms with Crippen LogP contribution in [-0.2, 0) is 9.47 Å². The zero-order valence-corrected chi connectivity index (χ0v) is 11.5. The summed E-state index contributed by atoms with van der Waals surface area (Å²) in [6.45, 7) is 14.8. The summed E-state index contributed by atoms with van der Waals surface area (Å²) >= 11 is 0. The van der Waals surface area contributed by atoms with E-state index in [0.29, 0.717) is 24.7 Å². The van der Waals surface area contributed by atoms with E-state index in [-0.39, 0.29) is 5.41 Å².